The van der Waals surface area contributed by atoms with Gasteiger partial charge in [0.15, 0.2) is 0 Å². The van der Waals surface area contributed by atoms with Crippen LogP contribution in [0.3, 0.4) is 0 Å². The van der Waals surface area contributed by atoms with E-state index >= 15 is 0 Å². The van der Waals surface area contributed by atoms with Gasteiger partial charge in [-0.15, -0.1) is 0 Å². The van der Waals surface area contributed by atoms with Crippen LogP contribution in [0.4, 0.5) is 0 Å². The van der Waals surface area contributed by atoms with E-state index in [1.54, 1.807) is 0 Å². The number of nitrogens with zero attached hydrogens (tertiary/aromatic N) is 4. The van der Waals surface area contributed by atoms with E-state index in [-0.39, 0.29) is 0 Å². The average Bonchev–Trinajstić information content (AvgIpc) is 2.59. The van der Waals surface area contributed by atoms with E-state index in [2.05, 4.69) is 33.7 Å². The summed E-state index contributed by atoms with van der Waals surface area (Å²) in [5.74, 6) is 0. The van der Waals surface area contributed by atoms with Gasteiger partial charge >= 0.3 is 0 Å². The maximum absolute atomic E-state index is 5.91. The van der Waals surface area contributed by atoms with Crippen molar-refractivity contribution in [1.82, 2.24) is 19.6 Å². The smallest absolute Gasteiger partial charge is 0.0594 e. The Hall–Kier alpha value is -0.240. The first kappa shape index (κ1) is 21.1. The summed E-state index contributed by atoms with van der Waals surface area (Å²) < 4.78 is 11.8. The summed E-state index contributed by atoms with van der Waals surface area (Å²) in [5.41, 5.74) is 0. The van der Waals surface area contributed by atoms with Crippen molar-refractivity contribution in [3.63, 3.8) is 0 Å². The predicted molar refractivity (Wildman–Crippen MR) is 103 cm³/mol. The molecule has 0 spiro atoms. The largest absolute Gasteiger partial charge is 0.379 e. The van der Waals surface area contributed by atoms with Gasteiger partial charge in [-0.25, -0.2) is 0 Å². The van der Waals surface area contributed by atoms with Crippen molar-refractivity contribution in [2.75, 3.05) is 106 Å². The third-order valence-corrected chi connectivity index (χ3v) is 5.38. The summed E-state index contributed by atoms with van der Waals surface area (Å²) in [4.78, 5) is 9.94. The summed E-state index contributed by atoms with van der Waals surface area (Å²) in [6, 6.07) is 0. The minimum atomic E-state index is 0.831. The van der Waals surface area contributed by atoms with Crippen molar-refractivity contribution in [2.24, 2.45) is 0 Å². The first-order valence-electron chi connectivity index (χ1n) is 10.2. The Balaban J connectivity index is 1.90. The SMILES string of the molecule is CN1CCCCCN(C)CCN2CCOCCN(CCOCC2)CC1. The van der Waals surface area contributed by atoms with E-state index in [1.165, 1.54) is 32.4 Å². The maximum Gasteiger partial charge on any atom is 0.0594 e. The van der Waals surface area contributed by atoms with Crippen LogP contribution in [0.1, 0.15) is 19.3 Å². The fourth-order valence-corrected chi connectivity index (χ4v) is 3.44. The highest BCUT2D eigenvalue weighted by Crippen LogP contribution is 2.02. The van der Waals surface area contributed by atoms with Crippen LogP contribution < -0.4 is 0 Å². The van der Waals surface area contributed by atoms with Crippen LogP contribution in [0.15, 0.2) is 0 Å². The molecular weight excluding hydrogens is 316 g/mol. The monoisotopic (exact) mass is 356 g/mol. The zero-order valence-corrected chi connectivity index (χ0v) is 16.6. The van der Waals surface area contributed by atoms with Crippen molar-refractivity contribution < 1.29 is 9.47 Å². The second-order valence-corrected chi connectivity index (χ2v) is 7.58. The summed E-state index contributed by atoms with van der Waals surface area (Å²) in [5, 5.41) is 0. The quantitative estimate of drug-likeness (QED) is 0.635. The molecule has 3 aliphatic heterocycles. The summed E-state index contributed by atoms with van der Waals surface area (Å²) in [6.45, 7) is 14.3. The van der Waals surface area contributed by atoms with Crippen LogP contribution >= 0.6 is 0 Å². The highest BCUT2D eigenvalue weighted by molar-refractivity contribution is 4.65. The van der Waals surface area contributed by atoms with E-state index in [1.807, 2.05) is 0 Å². The number of hydrogen-bond acceptors (Lipinski definition) is 6. The van der Waals surface area contributed by atoms with Gasteiger partial charge in [0.1, 0.15) is 0 Å². The lowest BCUT2D eigenvalue weighted by atomic mass is 10.2. The van der Waals surface area contributed by atoms with Crippen molar-refractivity contribution in [3.05, 3.63) is 0 Å². The lowest BCUT2D eigenvalue weighted by molar-refractivity contribution is 0.0342. The molecule has 0 atom stereocenters. The Labute approximate surface area is 155 Å². The van der Waals surface area contributed by atoms with E-state index in [4.69, 9.17) is 9.47 Å². The normalized spacial score (nSPS) is 31.4. The van der Waals surface area contributed by atoms with Crippen LogP contribution in [0, 0.1) is 0 Å². The van der Waals surface area contributed by atoms with E-state index in [9.17, 15) is 0 Å². The molecule has 3 saturated heterocycles. The van der Waals surface area contributed by atoms with Gasteiger partial charge in [-0.05, 0) is 40.0 Å². The standard InChI is InChI=1S/C19H40N4O2/c1-20-6-4-3-5-7-21(2)9-11-23-14-18-24-16-12-22(10-8-20)13-17-25-19-15-23/h3-19H2,1-2H3. The molecule has 3 fully saturated rings. The number of likely N-dealkylation sites (N-methyl/N-ethyl adjacent to an activating group) is 2. The molecule has 3 aliphatic rings. The minimum absolute atomic E-state index is 0.831. The second-order valence-electron chi connectivity index (χ2n) is 7.58. The topological polar surface area (TPSA) is 31.4 Å². The summed E-state index contributed by atoms with van der Waals surface area (Å²) >= 11 is 0. The highest BCUT2D eigenvalue weighted by Gasteiger charge is 2.11. The second kappa shape index (κ2) is 13.0. The van der Waals surface area contributed by atoms with Crippen LogP contribution in [-0.4, -0.2) is 126 Å². The molecule has 3 rings (SSSR count). The predicted octanol–water partition coefficient (Wildman–Crippen LogP) is 0.685. The van der Waals surface area contributed by atoms with Crippen molar-refractivity contribution in [1.29, 1.82) is 0 Å². The zero-order chi connectivity index (χ0) is 17.7. The molecule has 148 valence electrons. The fraction of sp³-hybridized carbons (Fsp3) is 1.00. The van der Waals surface area contributed by atoms with Crippen LogP contribution in [-0.2, 0) is 9.47 Å². The third kappa shape index (κ3) is 9.87. The van der Waals surface area contributed by atoms with Gasteiger partial charge in [0.25, 0.3) is 0 Å². The van der Waals surface area contributed by atoms with Gasteiger partial charge in [0.2, 0.25) is 0 Å². The minimum Gasteiger partial charge on any atom is -0.379 e. The first-order valence-corrected chi connectivity index (χ1v) is 10.2. The third-order valence-electron chi connectivity index (χ3n) is 5.38. The van der Waals surface area contributed by atoms with E-state index < -0.39 is 0 Å². The van der Waals surface area contributed by atoms with Crippen LogP contribution in [0.5, 0.6) is 0 Å². The Kier molecular flexibility index (Phi) is 11.0. The van der Waals surface area contributed by atoms with Crippen molar-refractivity contribution in [3.8, 4) is 0 Å². The van der Waals surface area contributed by atoms with Gasteiger partial charge < -0.3 is 19.3 Å². The molecule has 0 aromatic rings. The number of rotatable bonds is 0. The molecule has 0 unspecified atom stereocenters. The lowest BCUT2D eigenvalue weighted by Crippen LogP contribution is -2.41. The average molecular weight is 357 g/mol. The number of ether oxygens (including phenoxy) is 2. The molecule has 0 aromatic heterocycles. The molecule has 6 nitrogen and oxygen atoms in total. The highest BCUT2D eigenvalue weighted by atomic mass is 16.5. The Morgan fingerprint density at radius 3 is 1.24 bits per heavy atom. The Bertz CT molecular complexity index is 291. The van der Waals surface area contributed by atoms with Crippen LogP contribution in [0.2, 0.25) is 0 Å². The van der Waals surface area contributed by atoms with Crippen LogP contribution in [0.25, 0.3) is 0 Å². The lowest BCUT2D eigenvalue weighted by Gasteiger charge is -2.29. The Morgan fingerprint density at radius 2 is 0.840 bits per heavy atom. The molecule has 25 heavy (non-hydrogen) atoms. The Morgan fingerprint density at radius 1 is 0.440 bits per heavy atom. The summed E-state index contributed by atoms with van der Waals surface area (Å²) in [7, 11) is 4.51. The fourth-order valence-electron chi connectivity index (χ4n) is 3.44. The maximum atomic E-state index is 5.91. The molecule has 0 saturated carbocycles. The number of fused-ring (bicyclic) bond motifs is 18. The molecule has 3 heterocycles. The zero-order valence-electron chi connectivity index (χ0n) is 16.6. The van der Waals surface area contributed by atoms with Gasteiger partial charge in [0, 0.05) is 52.4 Å². The van der Waals surface area contributed by atoms with Gasteiger partial charge in [-0.2, -0.15) is 0 Å². The molecule has 0 amide bonds. The molecule has 0 N–H and O–H groups in total. The molecule has 0 aromatic carbocycles. The van der Waals surface area contributed by atoms with E-state index in [0.717, 1.165) is 78.8 Å². The number of hydrogen-bond donors (Lipinski definition) is 0. The molecule has 0 aliphatic carbocycles. The summed E-state index contributed by atoms with van der Waals surface area (Å²) in [6.07, 6.45) is 3.95. The van der Waals surface area contributed by atoms with E-state index in [0.29, 0.717) is 0 Å². The van der Waals surface area contributed by atoms with Gasteiger partial charge in [-0.1, -0.05) is 6.42 Å². The molecule has 2 bridgehead atoms. The van der Waals surface area contributed by atoms with Gasteiger partial charge in [0.05, 0.1) is 26.4 Å². The van der Waals surface area contributed by atoms with Crippen molar-refractivity contribution >= 4 is 0 Å². The first-order chi connectivity index (χ1) is 12.2. The van der Waals surface area contributed by atoms with Crippen molar-refractivity contribution in [2.45, 2.75) is 19.3 Å². The molecular formula is C19H40N4O2. The molecule has 0 radical (unpaired) electrons. The van der Waals surface area contributed by atoms with Gasteiger partial charge in [-0.3, -0.25) is 9.80 Å². The molecule has 6 heteroatoms.